The molecular formula is C49H47N7O13. The predicted octanol–water partition coefficient (Wildman–Crippen LogP) is 7.35. The molecular weight excluding hydrogens is 895 g/mol. The maximum absolute atomic E-state index is 13.1. The van der Waals surface area contributed by atoms with Gasteiger partial charge in [-0.3, -0.25) is 30.1 Å². The standard InChI is InChI=1S/C49H47N7O13/c1-63-38-21-13-34(14-22-38)49(33-7-5-4-6-8-33,35-15-23-39(64-2)24-16-35)68-29-40-43(65-3)42(57)46(69-40)54-30-50-41-44(54)51-47(52-45(41)66-27-25-31-9-17-36(18-10-31)55(59)60)53-48(58)67-28-26-32-11-19-37(20-12-32)56(61)62/h4-24,30,40,42-43,46,57H,25-29H2,1-3H3,(H,51,52,53,58)/t40-,42-,43-,46-/m1/s1. The number of hydrogen-bond acceptors (Lipinski definition) is 16. The lowest BCUT2D eigenvalue weighted by molar-refractivity contribution is -0.385. The topological polar surface area (TPSA) is 244 Å². The van der Waals surface area contributed by atoms with Crippen LogP contribution in [0.1, 0.15) is 34.0 Å². The number of aliphatic hydroxyl groups is 1. The lowest BCUT2D eigenvalue weighted by atomic mass is 9.80. The molecule has 4 atom stereocenters. The Hall–Kier alpha value is -8.04. The molecule has 20 nitrogen and oxygen atoms in total. The summed E-state index contributed by atoms with van der Waals surface area (Å²) < 4.78 is 43.7. The van der Waals surface area contributed by atoms with E-state index in [0.717, 1.165) is 22.3 Å². The molecule has 2 aromatic heterocycles. The fraction of sp³-hybridized carbons (Fsp3) is 0.265. The van der Waals surface area contributed by atoms with Gasteiger partial charge in [-0.2, -0.15) is 9.97 Å². The van der Waals surface area contributed by atoms with E-state index < -0.39 is 46.1 Å². The number of fused-ring (bicyclic) bond motifs is 1. The largest absolute Gasteiger partial charge is 0.497 e. The van der Waals surface area contributed by atoms with Crippen molar-refractivity contribution in [2.75, 3.05) is 46.5 Å². The summed E-state index contributed by atoms with van der Waals surface area (Å²) in [5.74, 6) is 1.06. The van der Waals surface area contributed by atoms with Crippen molar-refractivity contribution in [1.82, 2.24) is 19.5 Å². The average molecular weight is 942 g/mol. The van der Waals surface area contributed by atoms with Crippen molar-refractivity contribution < 1.29 is 52.9 Å². The van der Waals surface area contributed by atoms with Crippen LogP contribution in [0.3, 0.4) is 0 Å². The van der Waals surface area contributed by atoms with Crippen molar-refractivity contribution in [1.29, 1.82) is 0 Å². The molecule has 2 N–H and O–H groups in total. The summed E-state index contributed by atoms with van der Waals surface area (Å²) in [4.78, 5) is 48.0. The normalized spacial score (nSPS) is 16.8. The number of nitrogens with one attached hydrogen (secondary N) is 1. The van der Waals surface area contributed by atoms with Gasteiger partial charge in [0, 0.05) is 44.2 Å². The molecule has 0 unspecified atom stereocenters. The number of amides is 1. The number of nitrogens with zero attached hydrogens (tertiary/aromatic N) is 6. The Labute approximate surface area is 394 Å². The summed E-state index contributed by atoms with van der Waals surface area (Å²) in [5.41, 5.74) is 2.80. The molecule has 1 aliphatic heterocycles. The van der Waals surface area contributed by atoms with Crippen molar-refractivity contribution in [3.05, 3.63) is 182 Å². The SMILES string of the molecule is COc1ccc(C(OC[C@H]2O[C@@H](n3cnc4c(OCCc5ccc([N+](=O)[O-])cc5)nc(NC(=O)OCCc5ccc([N+](=O)[O-])cc5)nc43)[C@H](O)[C@@H]2OC)(c2ccccc2)c2ccc(OC)cc2)cc1. The van der Waals surface area contributed by atoms with Gasteiger partial charge in [0.15, 0.2) is 17.4 Å². The molecule has 0 aliphatic carbocycles. The molecule has 1 saturated heterocycles. The van der Waals surface area contributed by atoms with E-state index in [1.807, 2.05) is 78.9 Å². The van der Waals surface area contributed by atoms with Gasteiger partial charge >= 0.3 is 6.09 Å². The van der Waals surface area contributed by atoms with Crippen LogP contribution >= 0.6 is 0 Å². The number of methoxy groups -OCH3 is 3. The fourth-order valence-corrected chi connectivity index (χ4v) is 8.11. The second-order valence-corrected chi connectivity index (χ2v) is 15.7. The van der Waals surface area contributed by atoms with Gasteiger partial charge in [0.1, 0.15) is 35.4 Å². The van der Waals surface area contributed by atoms with E-state index in [1.165, 1.54) is 42.3 Å². The number of imidazole rings is 1. The van der Waals surface area contributed by atoms with Crippen LogP contribution < -0.4 is 19.5 Å². The Morgan fingerprint density at radius 3 is 1.84 bits per heavy atom. The van der Waals surface area contributed by atoms with E-state index >= 15 is 0 Å². The predicted molar refractivity (Wildman–Crippen MR) is 248 cm³/mol. The highest BCUT2D eigenvalue weighted by Crippen LogP contribution is 2.43. The summed E-state index contributed by atoms with van der Waals surface area (Å²) in [6, 6.07) is 36.8. The molecule has 0 saturated carbocycles. The van der Waals surface area contributed by atoms with Crippen LogP contribution in [0.4, 0.5) is 22.1 Å². The molecule has 1 aliphatic rings. The molecule has 5 aromatic carbocycles. The zero-order chi connectivity index (χ0) is 48.5. The molecule has 8 rings (SSSR count). The summed E-state index contributed by atoms with van der Waals surface area (Å²) >= 11 is 0. The van der Waals surface area contributed by atoms with E-state index in [-0.39, 0.29) is 60.6 Å². The molecule has 1 fully saturated rings. The summed E-state index contributed by atoms with van der Waals surface area (Å²) in [6.45, 7) is -0.111. The first-order chi connectivity index (χ1) is 33.5. The number of hydrogen-bond donors (Lipinski definition) is 2. The van der Waals surface area contributed by atoms with Gasteiger partial charge < -0.3 is 38.3 Å². The van der Waals surface area contributed by atoms with Crippen LogP contribution in [0, 0.1) is 20.2 Å². The van der Waals surface area contributed by atoms with E-state index in [4.69, 9.17) is 33.2 Å². The minimum Gasteiger partial charge on any atom is -0.497 e. The lowest BCUT2D eigenvalue weighted by Gasteiger charge is -2.37. The first-order valence-corrected chi connectivity index (χ1v) is 21.6. The maximum atomic E-state index is 13.1. The number of nitro groups is 2. The number of non-ortho nitro benzene ring substituents is 2. The second kappa shape index (κ2) is 21.3. The smallest absolute Gasteiger partial charge is 0.414 e. The van der Waals surface area contributed by atoms with Crippen molar-refractivity contribution in [2.45, 2.75) is 43.0 Å². The quantitative estimate of drug-likeness (QED) is 0.0431. The molecule has 0 spiro atoms. The third kappa shape index (κ3) is 10.4. The monoisotopic (exact) mass is 941 g/mol. The molecule has 69 heavy (non-hydrogen) atoms. The molecule has 7 aromatic rings. The number of benzene rings is 5. The summed E-state index contributed by atoms with van der Waals surface area (Å²) in [6.07, 6.45) is -3.13. The number of carbonyl (C=O) groups excluding carboxylic acids is 1. The average Bonchev–Trinajstić information content (AvgIpc) is 3.94. The van der Waals surface area contributed by atoms with Crippen molar-refractivity contribution in [3.8, 4) is 17.4 Å². The number of nitro benzene ring substituents is 2. The van der Waals surface area contributed by atoms with Gasteiger partial charge in [0.25, 0.3) is 11.4 Å². The van der Waals surface area contributed by atoms with Gasteiger partial charge in [0.05, 0.1) is 50.2 Å². The van der Waals surface area contributed by atoms with Gasteiger partial charge in [-0.15, -0.1) is 0 Å². The van der Waals surface area contributed by atoms with E-state index in [2.05, 4.69) is 20.3 Å². The van der Waals surface area contributed by atoms with Gasteiger partial charge in [-0.25, -0.2) is 9.78 Å². The lowest BCUT2D eigenvalue weighted by Crippen LogP contribution is -2.40. The summed E-state index contributed by atoms with van der Waals surface area (Å²) in [7, 11) is 4.65. The van der Waals surface area contributed by atoms with Crippen LogP contribution in [0.5, 0.6) is 17.4 Å². The zero-order valence-corrected chi connectivity index (χ0v) is 37.6. The molecule has 1 amide bonds. The van der Waals surface area contributed by atoms with Crippen LogP contribution in [0.2, 0.25) is 0 Å². The number of anilines is 1. The first-order valence-electron chi connectivity index (χ1n) is 21.6. The van der Waals surface area contributed by atoms with E-state index in [9.17, 15) is 30.1 Å². The second-order valence-electron chi connectivity index (χ2n) is 15.7. The van der Waals surface area contributed by atoms with E-state index in [0.29, 0.717) is 23.5 Å². The molecule has 0 radical (unpaired) electrons. The highest BCUT2D eigenvalue weighted by molar-refractivity contribution is 5.85. The van der Waals surface area contributed by atoms with Crippen LogP contribution in [0.25, 0.3) is 11.2 Å². The Kier molecular flexibility index (Phi) is 14.6. The van der Waals surface area contributed by atoms with Crippen LogP contribution in [-0.4, -0.2) is 100 Å². The Bertz CT molecular complexity index is 2820. The molecule has 3 heterocycles. The zero-order valence-electron chi connectivity index (χ0n) is 37.6. The van der Waals surface area contributed by atoms with Crippen molar-refractivity contribution >= 4 is 34.6 Å². The molecule has 0 bridgehead atoms. The van der Waals surface area contributed by atoms with Crippen LogP contribution in [0.15, 0.2) is 134 Å². The summed E-state index contributed by atoms with van der Waals surface area (Å²) in [5, 5.41) is 36.7. The minimum absolute atomic E-state index is 0.0240. The van der Waals surface area contributed by atoms with Crippen LogP contribution in [-0.2, 0) is 37.4 Å². The van der Waals surface area contributed by atoms with Crippen molar-refractivity contribution in [3.63, 3.8) is 0 Å². The van der Waals surface area contributed by atoms with Crippen molar-refractivity contribution in [2.24, 2.45) is 0 Å². The number of aliphatic hydroxyl groups excluding tert-OH is 1. The Morgan fingerprint density at radius 1 is 0.754 bits per heavy atom. The number of aromatic nitrogens is 4. The first kappa shape index (κ1) is 47.5. The third-order valence-corrected chi connectivity index (χ3v) is 11.6. The number of rotatable bonds is 20. The van der Waals surface area contributed by atoms with Gasteiger partial charge in [-0.05, 0) is 52.1 Å². The highest BCUT2D eigenvalue weighted by atomic mass is 16.6. The molecule has 356 valence electrons. The Morgan fingerprint density at radius 2 is 1.30 bits per heavy atom. The highest BCUT2D eigenvalue weighted by Gasteiger charge is 2.48. The molecule has 20 heteroatoms. The van der Waals surface area contributed by atoms with E-state index in [1.54, 1.807) is 38.5 Å². The third-order valence-electron chi connectivity index (χ3n) is 11.6. The fourth-order valence-electron chi connectivity index (χ4n) is 8.11. The number of ether oxygens (including phenoxy) is 7. The minimum atomic E-state index is -1.30. The number of carbonyl (C=O) groups is 1. The van der Waals surface area contributed by atoms with Gasteiger partial charge in [0.2, 0.25) is 11.8 Å². The Balaban J connectivity index is 1.08. The maximum Gasteiger partial charge on any atom is 0.414 e. The van der Waals surface area contributed by atoms with Gasteiger partial charge in [-0.1, -0.05) is 78.9 Å².